The van der Waals surface area contributed by atoms with Gasteiger partial charge in [-0.3, -0.25) is 0 Å². The highest BCUT2D eigenvalue weighted by Gasteiger charge is 2.25. The number of hydrogen-bond donors (Lipinski definition) is 1. The predicted molar refractivity (Wildman–Crippen MR) is 155 cm³/mol. The molecule has 4 rings (SSSR count). The van der Waals surface area contributed by atoms with Gasteiger partial charge in [-0.1, -0.05) is 61.0 Å². The van der Waals surface area contributed by atoms with Crippen molar-refractivity contribution in [2.24, 2.45) is 0 Å². The molecule has 0 bridgehead atoms. The minimum absolute atomic E-state index is 0.227. The molecule has 0 aliphatic heterocycles. The van der Waals surface area contributed by atoms with Crippen LogP contribution in [-0.4, -0.2) is 58.3 Å². The van der Waals surface area contributed by atoms with E-state index in [1.54, 1.807) is 0 Å². The Morgan fingerprint density at radius 3 is 2.31 bits per heavy atom. The Morgan fingerprint density at radius 2 is 1.54 bits per heavy atom. The lowest BCUT2D eigenvalue weighted by atomic mass is 9.81. The molecule has 3 atom stereocenters. The maximum absolute atomic E-state index is 12.4. The van der Waals surface area contributed by atoms with E-state index in [0.29, 0.717) is 57.2 Å². The van der Waals surface area contributed by atoms with Crippen molar-refractivity contribution in [3.8, 4) is 0 Å². The molecule has 0 saturated heterocycles. The third-order valence-electron chi connectivity index (χ3n) is 7.48. The molecule has 1 aliphatic carbocycles. The van der Waals surface area contributed by atoms with E-state index in [1.807, 2.05) is 19.1 Å². The van der Waals surface area contributed by atoms with Crippen LogP contribution in [0.5, 0.6) is 0 Å². The van der Waals surface area contributed by atoms with E-state index < -0.39 is 0 Å². The van der Waals surface area contributed by atoms with Crippen molar-refractivity contribution >= 4 is 16.7 Å². The van der Waals surface area contributed by atoms with Crippen LogP contribution in [0.1, 0.15) is 73.0 Å². The zero-order valence-corrected chi connectivity index (χ0v) is 23.4. The molecule has 6 heteroatoms. The van der Waals surface area contributed by atoms with Crippen LogP contribution in [0.25, 0.3) is 10.8 Å². The third-order valence-corrected chi connectivity index (χ3v) is 7.48. The zero-order valence-electron chi connectivity index (χ0n) is 23.4. The maximum Gasteiger partial charge on any atom is 0.338 e. The number of carbonyl (C=O) groups is 1. The summed E-state index contributed by atoms with van der Waals surface area (Å²) in [6.07, 6.45) is 4.67. The average molecular weight is 534 g/mol. The van der Waals surface area contributed by atoms with E-state index in [2.05, 4.69) is 66.8 Å². The lowest BCUT2D eigenvalue weighted by molar-refractivity contribution is 0.00180. The molecule has 0 aromatic heterocycles. The van der Waals surface area contributed by atoms with Crippen LogP contribution in [0.3, 0.4) is 0 Å². The Balaban J connectivity index is 1.20. The first-order valence-corrected chi connectivity index (χ1v) is 14.4. The van der Waals surface area contributed by atoms with E-state index in [-0.39, 0.29) is 18.6 Å². The summed E-state index contributed by atoms with van der Waals surface area (Å²) in [6, 6.07) is 23.9. The molecule has 0 radical (unpaired) electrons. The lowest BCUT2D eigenvalue weighted by Crippen LogP contribution is -2.35. The Labute approximate surface area is 233 Å². The molecule has 2 unspecified atom stereocenters. The van der Waals surface area contributed by atoms with Crippen molar-refractivity contribution in [1.29, 1.82) is 0 Å². The maximum atomic E-state index is 12.4. The van der Waals surface area contributed by atoms with Crippen LogP contribution in [0.4, 0.5) is 0 Å². The van der Waals surface area contributed by atoms with Gasteiger partial charge in [-0.05, 0) is 73.1 Å². The molecule has 3 aromatic rings. The summed E-state index contributed by atoms with van der Waals surface area (Å²) in [5, 5.41) is 6.52. The number of fused-ring (bicyclic) bond motifs is 1. The Hall–Kier alpha value is -2.77. The van der Waals surface area contributed by atoms with E-state index in [1.165, 1.54) is 41.2 Å². The van der Waals surface area contributed by atoms with Crippen molar-refractivity contribution in [2.45, 2.75) is 57.5 Å². The molecule has 0 heterocycles. The minimum Gasteiger partial charge on any atom is -0.460 e. The highest BCUT2D eigenvalue weighted by atomic mass is 16.6. The number of carbonyl (C=O) groups excluding carboxylic acids is 1. The molecule has 1 saturated carbocycles. The lowest BCUT2D eigenvalue weighted by Gasteiger charge is -2.32. The summed E-state index contributed by atoms with van der Waals surface area (Å²) in [7, 11) is 0. The van der Waals surface area contributed by atoms with Gasteiger partial charge < -0.3 is 24.3 Å². The number of hydrogen-bond acceptors (Lipinski definition) is 6. The monoisotopic (exact) mass is 533 g/mol. The summed E-state index contributed by atoms with van der Waals surface area (Å²) >= 11 is 0. The largest absolute Gasteiger partial charge is 0.460 e. The normalized spacial score (nSPS) is 18.2. The van der Waals surface area contributed by atoms with Crippen LogP contribution in [0.2, 0.25) is 0 Å². The van der Waals surface area contributed by atoms with Crippen molar-refractivity contribution < 1.29 is 23.7 Å². The molecule has 210 valence electrons. The fourth-order valence-corrected chi connectivity index (χ4v) is 5.47. The van der Waals surface area contributed by atoms with Crippen LogP contribution in [-0.2, 0) is 18.9 Å². The first-order valence-electron chi connectivity index (χ1n) is 14.4. The summed E-state index contributed by atoms with van der Waals surface area (Å²) in [4.78, 5) is 12.4. The van der Waals surface area contributed by atoms with Gasteiger partial charge in [0, 0.05) is 18.7 Å². The van der Waals surface area contributed by atoms with Gasteiger partial charge in [0.1, 0.15) is 6.61 Å². The molecule has 1 aliphatic rings. The molecule has 6 nitrogen and oxygen atoms in total. The standard InChI is InChI=1S/C33H43NO5/c1-3-36-18-19-37-20-21-38-22-23-39-33(35)28-16-14-26(15-17-28)29-10-6-11-30(24-29)34-25(2)31-13-7-9-27-8-4-5-12-32(27)31/h4-5,7-9,12-17,25,29-30,34H,3,6,10-11,18-24H2,1-2H3/t25?,29-,30?/m0/s1. The molecule has 1 N–H and O–H groups in total. The predicted octanol–water partition coefficient (Wildman–Crippen LogP) is 6.44. The topological polar surface area (TPSA) is 66.0 Å². The molecule has 39 heavy (non-hydrogen) atoms. The van der Waals surface area contributed by atoms with Gasteiger partial charge in [0.25, 0.3) is 0 Å². The summed E-state index contributed by atoms with van der Waals surface area (Å²) in [5.41, 5.74) is 3.23. The van der Waals surface area contributed by atoms with E-state index >= 15 is 0 Å². The first-order chi connectivity index (χ1) is 19.2. The SMILES string of the molecule is CCOCCOCCOCCOC(=O)c1ccc([C@H]2CCCC(NC(C)c3cccc4ccccc34)C2)cc1. The second-order valence-electron chi connectivity index (χ2n) is 10.2. The third kappa shape index (κ3) is 8.87. The zero-order chi connectivity index (χ0) is 27.3. The van der Waals surface area contributed by atoms with E-state index in [4.69, 9.17) is 18.9 Å². The highest BCUT2D eigenvalue weighted by Crippen LogP contribution is 2.34. The number of esters is 1. The smallest absolute Gasteiger partial charge is 0.338 e. The number of rotatable bonds is 15. The molecular formula is C33H43NO5. The second-order valence-corrected chi connectivity index (χ2v) is 10.2. The van der Waals surface area contributed by atoms with Crippen molar-refractivity contribution in [2.75, 3.05) is 46.2 Å². The quantitative estimate of drug-likeness (QED) is 0.179. The molecular weight excluding hydrogens is 490 g/mol. The fraction of sp³-hybridized carbons (Fsp3) is 0.485. The number of nitrogens with one attached hydrogen (secondary N) is 1. The van der Waals surface area contributed by atoms with Crippen LogP contribution >= 0.6 is 0 Å². The minimum atomic E-state index is -0.315. The summed E-state index contributed by atoms with van der Waals surface area (Å²) in [5.74, 6) is 0.176. The molecule has 1 fully saturated rings. The molecule has 0 amide bonds. The summed E-state index contributed by atoms with van der Waals surface area (Å²) < 4.78 is 21.4. The van der Waals surface area contributed by atoms with Gasteiger partial charge in [0.2, 0.25) is 0 Å². The Morgan fingerprint density at radius 1 is 0.846 bits per heavy atom. The van der Waals surface area contributed by atoms with Gasteiger partial charge >= 0.3 is 5.97 Å². The average Bonchev–Trinajstić information content (AvgIpc) is 2.98. The number of benzene rings is 3. The van der Waals surface area contributed by atoms with Crippen LogP contribution in [0, 0.1) is 0 Å². The Kier molecular flexibility index (Phi) is 11.8. The van der Waals surface area contributed by atoms with Crippen molar-refractivity contribution in [3.05, 3.63) is 83.4 Å². The van der Waals surface area contributed by atoms with Gasteiger partial charge in [0.05, 0.1) is 38.6 Å². The first kappa shape index (κ1) is 29.2. The van der Waals surface area contributed by atoms with Gasteiger partial charge in [-0.15, -0.1) is 0 Å². The van der Waals surface area contributed by atoms with Gasteiger partial charge in [-0.25, -0.2) is 4.79 Å². The van der Waals surface area contributed by atoms with Crippen LogP contribution in [0.15, 0.2) is 66.7 Å². The van der Waals surface area contributed by atoms with Gasteiger partial charge in [-0.2, -0.15) is 0 Å². The van der Waals surface area contributed by atoms with E-state index in [9.17, 15) is 4.79 Å². The Bertz CT molecular complexity index is 1140. The van der Waals surface area contributed by atoms with Crippen molar-refractivity contribution in [1.82, 2.24) is 5.32 Å². The van der Waals surface area contributed by atoms with Crippen LogP contribution < -0.4 is 5.32 Å². The molecule has 3 aromatic carbocycles. The van der Waals surface area contributed by atoms with Crippen molar-refractivity contribution in [3.63, 3.8) is 0 Å². The highest BCUT2D eigenvalue weighted by molar-refractivity contribution is 5.89. The molecule has 0 spiro atoms. The van der Waals surface area contributed by atoms with Gasteiger partial charge in [0.15, 0.2) is 0 Å². The van der Waals surface area contributed by atoms with E-state index in [0.717, 1.165) is 6.42 Å². The number of ether oxygens (including phenoxy) is 4. The summed E-state index contributed by atoms with van der Waals surface area (Å²) in [6.45, 7) is 7.63. The fourth-order valence-electron chi connectivity index (χ4n) is 5.47. The second kappa shape index (κ2) is 15.7.